The molecular formula is C16H26N4O. The Hall–Kier alpha value is -1.75. The number of benzene rings is 1. The van der Waals surface area contributed by atoms with E-state index >= 15 is 0 Å². The number of nitrogen functional groups attached to an aromatic ring is 1. The lowest BCUT2D eigenvalue weighted by Crippen LogP contribution is -2.58. The van der Waals surface area contributed by atoms with E-state index in [1.54, 1.807) is 6.07 Å². The number of likely N-dealkylation sites (N-methyl/N-ethyl adjacent to an activating group) is 1. The third-order valence-corrected chi connectivity index (χ3v) is 4.26. The molecule has 1 saturated heterocycles. The molecule has 1 aromatic carbocycles. The Balaban J connectivity index is 2.34. The highest BCUT2D eigenvalue weighted by molar-refractivity contribution is 6.00. The molecule has 1 fully saturated rings. The van der Waals surface area contributed by atoms with Gasteiger partial charge in [0.05, 0.1) is 11.3 Å². The van der Waals surface area contributed by atoms with Crippen LogP contribution >= 0.6 is 0 Å². The van der Waals surface area contributed by atoms with Crippen molar-refractivity contribution in [3.8, 4) is 0 Å². The van der Waals surface area contributed by atoms with Gasteiger partial charge in [-0.05, 0) is 46.0 Å². The number of carbonyl (C=O) groups is 1. The van der Waals surface area contributed by atoms with Crippen LogP contribution in [0, 0.1) is 0 Å². The second-order valence-electron chi connectivity index (χ2n) is 6.29. The first-order chi connectivity index (χ1) is 9.85. The molecule has 1 heterocycles. The van der Waals surface area contributed by atoms with Crippen LogP contribution in [0.5, 0.6) is 0 Å². The third kappa shape index (κ3) is 3.29. The molecule has 0 aromatic heterocycles. The van der Waals surface area contributed by atoms with Gasteiger partial charge in [-0.15, -0.1) is 0 Å². The zero-order valence-electron chi connectivity index (χ0n) is 13.4. The van der Waals surface area contributed by atoms with Gasteiger partial charge in [0.25, 0.3) is 5.91 Å². The van der Waals surface area contributed by atoms with Crippen molar-refractivity contribution in [2.75, 3.05) is 43.9 Å². The number of piperazine rings is 1. The average Bonchev–Trinajstić information content (AvgIpc) is 2.42. The van der Waals surface area contributed by atoms with Gasteiger partial charge in [-0.25, -0.2) is 0 Å². The molecule has 21 heavy (non-hydrogen) atoms. The number of rotatable bonds is 3. The van der Waals surface area contributed by atoms with Crippen molar-refractivity contribution in [2.45, 2.75) is 26.3 Å². The van der Waals surface area contributed by atoms with Gasteiger partial charge in [-0.3, -0.25) is 9.69 Å². The fourth-order valence-electron chi connectivity index (χ4n) is 2.70. The summed E-state index contributed by atoms with van der Waals surface area (Å²) in [6.07, 6.45) is 0. The summed E-state index contributed by atoms with van der Waals surface area (Å²) in [7, 11) is 2.14. The minimum atomic E-state index is -0.0377. The van der Waals surface area contributed by atoms with Gasteiger partial charge < -0.3 is 16.0 Å². The molecule has 0 radical (unpaired) electrons. The molecule has 0 atom stereocenters. The predicted molar refractivity (Wildman–Crippen MR) is 87.8 cm³/mol. The maximum atomic E-state index is 12.3. The van der Waals surface area contributed by atoms with Crippen LogP contribution in [0.1, 0.15) is 31.1 Å². The highest BCUT2D eigenvalue weighted by Crippen LogP contribution is 2.29. The molecule has 0 spiro atoms. The molecular weight excluding hydrogens is 264 g/mol. The molecule has 3 N–H and O–H groups in total. The zero-order valence-corrected chi connectivity index (χ0v) is 13.4. The van der Waals surface area contributed by atoms with Crippen LogP contribution in [0.4, 0.5) is 11.4 Å². The van der Waals surface area contributed by atoms with Crippen molar-refractivity contribution in [1.82, 2.24) is 10.2 Å². The Bertz CT molecular complexity index is 527. The van der Waals surface area contributed by atoms with Crippen LogP contribution in [-0.2, 0) is 0 Å². The number of amides is 1. The molecule has 1 aliphatic rings. The maximum Gasteiger partial charge on any atom is 0.253 e. The fraction of sp³-hybridized carbons (Fsp3) is 0.562. The summed E-state index contributed by atoms with van der Waals surface area (Å²) in [5.74, 6) is -0.0377. The topological polar surface area (TPSA) is 61.6 Å². The van der Waals surface area contributed by atoms with Gasteiger partial charge in [-0.2, -0.15) is 0 Å². The monoisotopic (exact) mass is 290 g/mol. The first-order valence-electron chi connectivity index (χ1n) is 7.49. The first-order valence-corrected chi connectivity index (χ1v) is 7.49. The van der Waals surface area contributed by atoms with Gasteiger partial charge >= 0.3 is 0 Å². The molecule has 5 heteroatoms. The van der Waals surface area contributed by atoms with E-state index < -0.39 is 0 Å². The second kappa shape index (κ2) is 5.93. The van der Waals surface area contributed by atoms with Gasteiger partial charge in [0.15, 0.2) is 0 Å². The van der Waals surface area contributed by atoms with E-state index in [2.05, 4.69) is 36.0 Å². The number of nitrogens with two attached hydrogens (primary N) is 1. The molecule has 5 nitrogen and oxygen atoms in total. The third-order valence-electron chi connectivity index (χ3n) is 4.26. The normalized spacial score (nSPS) is 18.6. The van der Waals surface area contributed by atoms with Crippen LogP contribution < -0.4 is 16.0 Å². The van der Waals surface area contributed by atoms with E-state index in [0.717, 1.165) is 25.3 Å². The van der Waals surface area contributed by atoms with E-state index in [-0.39, 0.29) is 11.4 Å². The molecule has 1 aliphatic heterocycles. The Morgan fingerprint density at radius 1 is 1.38 bits per heavy atom. The van der Waals surface area contributed by atoms with Crippen LogP contribution in [0.15, 0.2) is 18.2 Å². The molecule has 116 valence electrons. The summed E-state index contributed by atoms with van der Waals surface area (Å²) in [4.78, 5) is 16.9. The summed E-state index contributed by atoms with van der Waals surface area (Å²) < 4.78 is 0. The smallest absolute Gasteiger partial charge is 0.253 e. The molecule has 0 saturated carbocycles. The number of hydrogen-bond donors (Lipinski definition) is 2. The lowest BCUT2D eigenvalue weighted by molar-refractivity contribution is 0.0955. The zero-order chi connectivity index (χ0) is 15.6. The van der Waals surface area contributed by atoms with E-state index in [1.807, 2.05) is 19.1 Å². The number of carbonyl (C=O) groups excluding carboxylic acids is 1. The SMILES string of the molecule is CCNC(=O)c1ccc(N)cc1N1CCN(C)C(C)(C)C1. The van der Waals surface area contributed by atoms with E-state index in [1.165, 1.54) is 0 Å². The Kier molecular flexibility index (Phi) is 4.42. The van der Waals surface area contributed by atoms with Crippen molar-refractivity contribution < 1.29 is 4.79 Å². The second-order valence-corrected chi connectivity index (χ2v) is 6.29. The summed E-state index contributed by atoms with van der Waals surface area (Å²) in [5.41, 5.74) is 8.33. The molecule has 2 rings (SSSR count). The summed E-state index contributed by atoms with van der Waals surface area (Å²) >= 11 is 0. The number of nitrogens with zero attached hydrogens (tertiary/aromatic N) is 2. The minimum Gasteiger partial charge on any atom is -0.399 e. The fourth-order valence-corrected chi connectivity index (χ4v) is 2.70. The average molecular weight is 290 g/mol. The number of hydrogen-bond acceptors (Lipinski definition) is 4. The van der Waals surface area contributed by atoms with Gasteiger partial charge in [0.1, 0.15) is 0 Å². The lowest BCUT2D eigenvalue weighted by atomic mass is 9.98. The minimum absolute atomic E-state index is 0.0377. The summed E-state index contributed by atoms with van der Waals surface area (Å²) in [6.45, 7) is 9.73. The molecule has 1 aromatic rings. The summed E-state index contributed by atoms with van der Waals surface area (Å²) in [6, 6.07) is 5.52. The van der Waals surface area contributed by atoms with Gasteiger partial charge in [0, 0.05) is 37.4 Å². The summed E-state index contributed by atoms with van der Waals surface area (Å²) in [5, 5.41) is 2.87. The van der Waals surface area contributed by atoms with Crippen LogP contribution in [-0.4, -0.2) is 49.6 Å². The van der Waals surface area contributed by atoms with Gasteiger partial charge in [-0.1, -0.05) is 0 Å². The van der Waals surface area contributed by atoms with Crippen LogP contribution in [0.25, 0.3) is 0 Å². The van der Waals surface area contributed by atoms with Gasteiger partial charge in [0.2, 0.25) is 0 Å². The first kappa shape index (κ1) is 15.6. The van der Waals surface area contributed by atoms with E-state index in [0.29, 0.717) is 17.8 Å². The van der Waals surface area contributed by atoms with E-state index in [4.69, 9.17) is 5.73 Å². The largest absolute Gasteiger partial charge is 0.399 e. The van der Waals surface area contributed by atoms with Crippen molar-refractivity contribution in [2.24, 2.45) is 0 Å². The molecule has 0 bridgehead atoms. The lowest BCUT2D eigenvalue weighted by Gasteiger charge is -2.46. The highest BCUT2D eigenvalue weighted by Gasteiger charge is 2.32. The Morgan fingerprint density at radius 3 is 2.71 bits per heavy atom. The molecule has 1 amide bonds. The van der Waals surface area contributed by atoms with Crippen molar-refractivity contribution >= 4 is 17.3 Å². The maximum absolute atomic E-state index is 12.3. The number of anilines is 2. The van der Waals surface area contributed by atoms with Crippen molar-refractivity contribution in [1.29, 1.82) is 0 Å². The Morgan fingerprint density at radius 2 is 2.10 bits per heavy atom. The number of nitrogens with one attached hydrogen (secondary N) is 1. The van der Waals surface area contributed by atoms with Crippen molar-refractivity contribution in [3.05, 3.63) is 23.8 Å². The van der Waals surface area contributed by atoms with Crippen molar-refractivity contribution in [3.63, 3.8) is 0 Å². The van der Waals surface area contributed by atoms with Crippen LogP contribution in [0.2, 0.25) is 0 Å². The molecule has 0 unspecified atom stereocenters. The van der Waals surface area contributed by atoms with Crippen LogP contribution in [0.3, 0.4) is 0 Å². The predicted octanol–water partition coefficient (Wildman–Crippen LogP) is 1.55. The quantitative estimate of drug-likeness (QED) is 0.829. The highest BCUT2D eigenvalue weighted by atomic mass is 16.1. The molecule has 0 aliphatic carbocycles. The standard InChI is InChI=1S/C16H26N4O/c1-5-18-15(21)13-7-6-12(17)10-14(13)20-9-8-19(4)16(2,3)11-20/h6-7,10H,5,8-9,11,17H2,1-4H3,(H,18,21). The Labute approximate surface area is 127 Å². The van der Waals surface area contributed by atoms with E-state index in [9.17, 15) is 4.79 Å².